The Bertz CT molecular complexity index is 1250. The molecule has 0 unspecified atom stereocenters. The molecule has 1 aliphatic heterocycles. The maximum atomic E-state index is 9.21. The molecule has 3 N–H and O–H groups in total. The van der Waals surface area contributed by atoms with Gasteiger partial charge in [-0.05, 0) is 38.0 Å². The molecule has 10 heteroatoms. The monoisotopic (exact) mass is 444 g/mol. The second-order valence-corrected chi connectivity index (χ2v) is 7.81. The Morgan fingerprint density at radius 1 is 1.21 bits per heavy atom. The number of aryl methyl sites for hydroxylation is 1. The summed E-state index contributed by atoms with van der Waals surface area (Å²) in [5.41, 5.74) is 3.10. The van der Waals surface area contributed by atoms with Gasteiger partial charge in [0.25, 0.3) is 0 Å². The molecule has 4 aromatic rings. The third-order valence-electron chi connectivity index (χ3n) is 5.38. The van der Waals surface area contributed by atoms with Gasteiger partial charge < -0.3 is 19.8 Å². The zero-order valence-electron chi connectivity index (χ0n) is 18.1. The van der Waals surface area contributed by atoms with E-state index in [-0.39, 0.29) is 12.6 Å². The highest BCUT2D eigenvalue weighted by molar-refractivity contribution is 5.60. The number of pyridine rings is 1. The van der Waals surface area contributed by atoms with E-state index < -0.39 is 0 Å². The Morgan fingerprint density at radius 2 is 2.15 bits per heavy atom. The largest absolute Gasteiger partial charge is 0.392 e. The molecule has 0 radical (unpaired) electrons. The van der Waals surface area contributed by atoms with Crippen molar-refractivity contribution >= 4 is 23.7 Å². The second kappa shape index (κ2) is 9.21. The minimum Gasteiger partial charge on any atom is -0.392 e. The summed E-state index contributed by atoms with van der Waals surface area (Å²) in [7, 11) is 0. The van der Waals surface area contributed by atoms with Gasteiger partial charge in [-0.2, -0.15) is 10.1 Å². The van der Waals surface area contributed by atoms with E-state index in [4.69, 9.17) is 14.5 Å². The molecule has 0 aromatic carbocycles. The molecule has 0 amide bonds. The SMILES string of the molecule is Cc1cc(Nc2cc(/C=C/CO)nc(N3CCC[C@H]3c3cc(-c4ccccn4)no3)n2)n[nH]1. The molecule has 1 aliphatic rings. The van der Waals surface area contributed by atoms with Crippen LogP contribution < -0.4 is 10.2 Å². The first-order valence-corrected chi connectivity index (χ1v) is 10.8. The number of aromatic amines is 1. The van der Waals surface area contributed by atoms with Gasteiger partial charge in [0.1, 0.15) is 11.5 Å². The molecule has 168 valence electrons. The lowest BCUT2D eigenvalue weighted by molar-refractivity contribution is 0.343. The van der Waals surface area contributed by atoms with E-state index in [0.29, 0.717) is 29.0 Å². The molecule has 33 heavy (non-hydrogen) atoms. The summed E-state index contributed by atoms with van der Waals surface area (Å²) in [6.07, 6.45) is 7.03. The van der Waals surface area contributed by atoms with Crippen molar-refractivity contribution in [3.63, 3.8) is 0 Å². The molecule has 1 saturated heterocycles. The molecule has 4 aromatic heterocycles. The number of rotatable bonds is 7. The predicted octanol–water partition coefficient (Wildman–Crippen LogP) is 3.65. The molecule has 0 bridgehead atoms. The van der Waals surface area contributed by atoms with E-state index in [9.17, 15) is 5.11 Å². The second-order valence-electron chi connectivity index (χ2n) is 7.81. The third-order valence-corrected chi connectivity index (χ3v) is 5.38. The zero-order valence-corrected chi connectivity index (χ0v) is 18.1. The summed E-state index contributed by atoms with van der Waals surface area (Å²) < 4.78 is 5.71. The van der Waals surface area contributed by atoms with Crippen LogP contribution in [0.25, 0.3) is 17.5 Å². The number of H-pyrrole nitrogens is 1. The summed E-state index contributed by atoms with van der Waals surface area (Å²) in [6, 6.07) is 11.3. The van der Waals surface area contributed by atoms with Crippen molar-refractivity contribution < 1.29 is 9.63 Å². The van der Waals surface area contributed by atoms with Crippen LogP contribution >= 0.6 is 0 Å². The minimum absolute atomic E-state index is 0.0347. The number of nitrogens with zero attached hydrogens (tertiary/aromatic N) is 6. The first kappa shape index (κ1) is 20.8. The zero-order chi connectivity index (χ0) is 22.6. The van der Waals surface area contributed by atoms with Gasteiger partial charge >= 0.3 is 0 Å². The van der Waals surface area contributed by atoms with Gasteiger partial charge in [0, 0.05) is 36.6 Å². The van der Waals surface area contributed by atoms with Crippen LogP contribution in [0.1, 0.15) is 36.0 Å². The van der Waals surface area contributed by atoms with Crippen LogP contribution in [-0.4, -0.2) is 48.6 Å². The average molecular weight is 444 g/mol. The number of aromatic nitrogens is 6. The molecule has 1 fully saturated rings. The smallest absolute Gasteiger partial charge is 0.228 e. The first-order chi connectivity index (χ1) is 16.2. The fourth-order valence-corrected chi connectivity index (χ4v) is 3.90. The van der Waals surface area contributed by atoms with Gasteiger partial charge in [-0.3, -0.25) is 10.1 Å². The van der Waals surface area contributed by atoms with E-state index in [1.807, 2.05) is 43.3 Å². The van der Waals surface area contributed by atoms with Crippen molar-refractivity contribution in [3.05, 3.63) is 65.8 Å². The summed E-state index contributed by atoms with van der Waals surface area (Å²) in [5, 5.41) is 23.8. The van der Waals surface area contributed by atoms with E-state index in [1.54, 1.807) is 18.3 Å². The summed E-state index contributed by atoms with van der Waals surface area (Å²) in [5.74, 6) is 2.61. The quantitative estimate of drug-likeness (QED) is 0.391. The van der Waals surface area contributed by atoms with Crippen LogP contribution in [0.15, 0.2) is 53.2 Å². The molecule has 1 atom stereocenters. The van der Waals surface area contributed by atoms with Gasteiger partial charge in [0.05, 0.1) is 24.0 Å². The molecule has 0 aliphatic carbocycles. The Balaban J connectivity index is 1.46. The molecule has 5 heterocycles. The number of aliphatic hydroxyl groups excluding tert-OH is 1. The molecule has 0 spiro atoms. The topological polar surface area (TPSA) is 129 Å². The fraction of sp³-hybridized carbons (Fsp3) is 0.261. The molecule has 10 nitrogen and oxygen atoms in total. The summed E-state index contributed by atoms with van der Waals surface area (Å²) in [4.78, 5) is 15.9. The summed E-state index contributed by atoms with van der Waals surface area (Å²) in [6.45, 7) is 2.66. The predicted molar refractivity (Wildman–Crippen MR) is 124 cm³/mol. The lowest BCUT2D eigenvalue weighted by atomic mass is 10.1. The maximum Gasteiger partial charge on any atom is 0.228 e. The first-order valence-electron chi connectivity index (χ1n) is 10.8. The Morgan fingerprint density at radius 3 is 2.94 bits per heavy atom. The highest BCUT2D eigenvalue weighted by atomic mass is 16.5. The van der Waals surface area contributed by atoms with Gasteiger partial charge in [0.15, 0.2) is 11.6 Å². The van der Waals surface area contributed by atoms with Crippen molar-refractivity contribution in [3.8, 4) is 11.4 Å². The van der Waals surface area contributed by atoms with Crippen LogP contribution in [0, 0.1) is 6.92 Å². The molecular formula is C23H24N8O2. The summed E-state index contributed by atoms with van der Waals surface area (Å²) >= 11 is 0. The number of anilines is 3. The third kappa shape index (κ3) is 4.60. The minimum atomic E-state index is -0.0681. The van der Waals surface area contributed by atoms with Crippen LogP contribution in [0.4, 0.5) is 17.6 Å². The Kier molecular flexibility index (Phi) is 5.81. The van der Waals surface area contributed by atoms with Gasteiger partial charge in [-0.1, -0.05) is 17.3 Å². The van der Waals surface area contributed by atoms with E-state index in [0.717, 1.165) is 36.5 Å². The van der Waals surface area contributed by atoms with Crippen molar-refractivity contribution in [2.45, 2.75) is 25.8 Å². The number of hydrogen-bond acceptors (Lipinski definition) is 9. The van der Waals surface area contributed by atoms with Crippen molar-refractivity contribution in [1.29, 1.82) is 0 Å². The number of aliphatic hydroxyl groups is 1. The fourth-order valence-electron chi connectivity index (χ4n) is 3.90. The standard InChI is InChI=1S/C23H24N8O2/c1-15-12-22(29-28-15)26-21-13-16(6-5-11-32)25-23(27-21)31-10-4-8-19(31)20-14-18(30-33-20)17-7-2-3-9-24-17/h2-3,5-7,9,12-14,19,32H,4,8,10-11H2,1H3,(H2,25,26,27,28,29)/b6-5+/t19-/m0/s1. The normalized spacial score (nSPS) is 16.1. The van der Waals surface area contributed by atoms with Gasteiger partial charge in [0.2, 0.25) is 5.95 Å². The van der Waals surface area contributed by atoms with Crippen LogP contribution in [0.2, 0.25) is 0 Å². The van der Waals surface area contributed by atoms with Gasteiger partial charge in [-0.25, -0.2) is 4.98 Å². The van der Waals surface area contributed by atoms with Crippen LogP contribution in [-0.2, 0) is 0 Å². The highest BCUT2D eigenvalue weighted by Gasteiger charge is 2.32. The number of hydrogen-bond donors (Lipinski definition) is 3. The lowest BCUT2D eigenvalue weighted by Gasteiger charge is -2.23. The molecule has 0 saturated carbocycles. The van der Waals surface area contributed by atoms with E-state index in [2.05, 4.69) is 30.6 Å². The Hall–Kier alpha value is -4.05. The van der Waals surface area contributed by atoms with Crippen molar-refractivity contribution in [2.75, 3.05) is 23.4 Å². The lowest BCUT2D eigenvalue weighted by Crippen LogP contribution is -2.25. The number of nitrogens with one attached hydrogen (secondary N) is 2. The maximum absolute atomic E-state index is 9.21. The average Bonchev–Trinajstić information content (AvgIpc) is 3.59. The molecular weight excluding hydrogens is 420 g/mol. The van der Waals surface area contributed by atoms with Crippen molar-refractivity contribution in [2.24, 2.45) is 0 Å². The van der Waals surface area contributed by atoms with Crippen LogP contribution in [0.5, 0.6) is 0 Å². The van der Waals surface area contributed by atoms with Crippen molar-refractivity contribution in [1.82, 2.24) is 30.3 Å². The van der Waals surface area contributed by atoms with Gasteiger partial charge in [-0.15, -0.1) is 0 Å². The Labute approximate surface area is 190 Å². The van der Waals surface area contributed by atoms with Crippen LogP contribution in [0.3, 0.4) is 0 Å². The highest BCUT2D eigenvalue weighted by Crippen LogP contribution is 2.36. The van der Waals surface area contributed by atoms with E-state index in [1.165, 1.54) is 0 Å². The van der Waals surface area contributed by atoms with E-state index >= 15 is 0 Å². The molecule has 5 rings (SSSR count).